The smallest absolute Gasteiger partial charge is 0.252 e. The van der Waals surface area contributed by atoms with Crippen molar-refractivity contribution < 1.29 is 4.79 Å². The van der Waals surface area contributed by atoms with Gasteiger partial charge in [0.25, 0.3) is 5.91 Å². The van der Waals surface area contributed by atoms with Gasteiger partial charge < -0.3 is 5.32 Å². The number of nitrogens with one attached hydrogen (secondary N) is 1. The van der Waals surface area contributed by atoms with Gasteiger partial charge in [-0.1, -0.05) is 12.1 Å². The summed E-state index contributed by atoms with van der Waals surface area (Å²) in [6.07, 6.45) is 1.10. The summed E-state index contributed by atoms with van der Waals surface area (Å²) in [4.78, 5) is 12.0. The average Bonchev–Trinajstić information content (AvgIpc) is 2.74. The van der Waals surface area contributed by atoms with Gasteiger partial charge in [0.1, 0.15) is 0 Å². The van der Waals surface area contributed by atoms with Crippen LogP contribution in [0.5, 0.6) is 0 Å². The van der Waals surface area contributed by atoms with Gasteiger partial charge in [0.05, 0.1) is 5.56 Å². The number of carbonyl (C=O) groups is 1. The van der Waals surface area contributed by atoms with E-state index in [1.807, 2.05) is 36.9 Å². The van der Waals surface area contributed by atoms with Gasteiger partial charge in [-0.3, -0.25) is 4.79 Å². The molecule has 16 heavy (non-hydrogen) atoms. The highest BCUT2D eigenvalue weighted by Crippen LogP contribution is 2.20. The van der Waals surface area contributed by atoms with Gasteiger partial charge in [-0.25, -0.2) is 0 Å². The molecule has 1 amide bonds. The first-order valence-corrected chi connectivity index (χ1v) is 7.55. The molecule has 1 atom stereocenters. The lowest BCUT2D eigenvalue weighted by Crippen LogP contribution is -2.35. The third-order valence-corrected chi connectivity index (χ3v) is 5.30. The molecule has 2 nitrogen and oxygen atoms in total. The largest absolute Gasteiger partial charge is 0.348 e. The van der Waals surface area contributed by atoms with Crippen molar-refractivity contribution in [2.45, 2.75) is 19.4 Å². The summed E-state index contributed by atoms with van der Waals surface area (Å²) in [6.45, 7) is 2.03. The molecule has 1 unspecified atom stereocenters. The molecule has 86 valence electrons. The maximum Gasteiger partial charge on any atom is 0.252 e. The molecule has 1 aliphatic rings. The first-order valence-electron chi connectivity index (χ1n) is 5.32. The number of benzene rings is 1. The van der Waals surface area contributed by atoms with Gasteiger partial charge >= 0.3 is 0 Å². The molecular formula is C12H14INOS. The first-order chi connectivity index (χ1) is 7.68. The molecule has 1 saturated heterocycles. The van der Waals surface area contributed by atoms with E-state index in [1.54, 1.807) is 0 Å². The Morgan fingerprint density at radius 3 is 3.06 bits per heavy atom. The number of amides is 1. The molecule has 0 radical (unpaired) electrons. The van der Waals surface area contributed by atoms with E-state index in [0.717, 1.165) is 32.6 Å². The van der Waals surface area contributed by atoms with Crippen molar-refractivity contribution in [3.8, 4) is 0 Å². The number of hydrogen-bond acceptors (Lipinski definition) is 2. The van der Waals surface area contributed by atoms with Gasteiger partial charge in [0, 0.05) is 15.4 Å². The minimum atomic E-state index is 0.0700. The topological polar surface area (TPSA) is 29.1 Å². The Kier molecular flexibility index (Phi) is 4.13. The van der Waals surface area contributed by atoms with Crippen molar-refractivity contribution >= 4 is 40.3 Å². The highest BCUT2D eigenvalue weighted by Gasteiger charge is 2.19. The Bertz CT molecular complexity index is 402. The molecular weight excluding hydrogens is 333 g/mol. The molecule has 1 aliphatic heterocycles. The van der Waals surface area contributed by atoms with E-state index in [9.17, 15) is 4.79 Å². The molecule has 4 heteroatoms. The zero-order chi connectivity index (χ0) is 11.5. The van der Waals surface area contributed by atoms with Crippen LogP contribution in [0.25, 0.3) is 0 Å². The van der Waals surface area contributed by atoms with E-state index < -0.39 is 0 Å². The maximum atomic E-state index is 12.0. The summed E-state index contributed by atoms with van der Waals surface area (Å²) in [5, 5.41) is 3.10. The van der Waals surface area contributed by atoms with Gasteiger partial charge in [-0.2, -0.15) is 11.8 Å². The van der Waals surface area contributed by atoms with E-state index in [4.69, 9.17) is 0 Å². The number of halogens is 1. The van der Waals surface area contributed by atoms with Crippen LogP contribution >= 0.6 is 34.4 Å². The lowest BCUT2D eigenvalue weighted by atomic mass is 10.1. The Hall–Kier alpha value is -0.230. The summed E-state index contributed by atoms with van der Waals surface area (Å²) in [7, 11) is 0. The van der Waals surface area contributed by atoms with Crippen LogP contribution < -0.4 is 5.32 Å². The minimum absolute atomic E-state index is 0.0700. The number of carbonyl (C=O) groups excluding carboxylic acids is 1. The van der Waals surface area contributed by atoms with Gasteiger partial charge in [-0.15, -0.1) is 0 Å². The third kappa shape index (κ3) is 2.71. The van der Waals surface area contributed by atoms with Crippen LogP contribution in [-0.2, 0) is 0 Å². The first kappa shape index (κ1) is 12.2. The van der Waals surface area contributed by atoms with Gasteiger partial charge in [0.2, 0.25) is 0 Å². The predicted octanol–water partition coefficient (Wildman–Crippen LogP) is 2.83. The Balaban J connectivity index is 2.11. The van der Waals surface area contributed by atoms with Gasteiger partial charge in [0.15, 0.2) is 0 Å². The van der Waals surface area contributed by atoms with Crippen molar-refractivity contribution in [3.63, 3.8) is 0 Å². The molecule has 0 aromatic heterocycles. The van der Waals surface area contributed by atoms with Crippen LogP contribution in [0.4, 0.5) is 0 Å². The van der Waals surface area contributed by atoms with Crippen LogP contribution in [0.3, 0.4) is 0 Å². The molecule has 1 fully saturated rings. The SMILES string of the molecule is Cc1cccc(C(=O)NC2CCSC2)c1I. The second kappa shape index (κ2) is 5.40. The molecule has 0 aliphatic carbocycles. The molecule has 2 rings (SSSR count). The number of aryl methyl sites for hydroxylation is 1. The Labute approximate surface area is 114 Å². The fourth-order valence-electron chi connectivity index (χ4n) is 1.73. The maximum absolute atomic E-state index is 12.0. The van der Waals surface area contributed by atoms with E-state index in [1.165, 1.54) is 0 Å². The standard InChI is InChI=1S/C12H14INOS/c1-8-3-2-4-10(11(8)13)12(15)14-9-5-6-16-7-9/h2-4,9H,5-7H2,1H3,(H,14,15). The van der Waals surface area contributed by atoms with Crippen LogP contribution in [0.15, 0.2) is 18.2 Å². The predicted molar refractivity (Wildman–Crippen MR) is 77.1 cm³/mol. The lowest BCUT2D eigenvalue weighted by molar-refractivity contribution is 0.0940. The summed E-state index contributed by atoms with van der Waals surface area (Å²) >= 11 is 4.15. The molecule has 1 N–H and O–H groups in total. The second-order valence-corrected chi connectivity index (χ2v) is 6.20. The zero-order valence-electron chi connectivity index (χ0n) is 9.13. The Morgan fingerprint density at radius 1 is 1.56 bits per heavy atom. The second-order valence-electron chi connectivity index (χ2n) is 3.97. The summed E-state index contributed by atoms with van der Waals surface area (Å²) < 4.78 is 1.06. The normalized spacial score (nSPS) is 19.8. The number of thioether (sulfide) groups is 1. The molecule has 0 bridgehead atoms. The zero-order valence-corrected chi connectivity index (χ0v) is 12.1. The van der Waals surface area contributed by atoms with Crippen molar-refractivity contribution in [2.24, 2.45) is 0 Å². The van der Waals surface area contributed by atoms with Crippen molar-refractivity contribution in [1.82, 2.24) is 5.32 Å². The fraction of sp³-hybridized carbons (Fsp3) is 0.417. The summed E-state index contributed by atoms with van der Waals surface area (Å²) in [5.41, 5.74) is 1.96. The van der Waals surface area contributed by atoms with Gasteiger partial charge in [-0.05, 0) is 53.3 Å². The minimum Gasteiger partial charge on any atom is -0.348 e. The molecule has 1 heterocycles. The lowest BCUT2D eigenvalue weighted by Gasteiger charge is -2.12. The summed E-state index contributed by atoms with van der Waals surface area (Å²) in [5.74, 6) is 2.28. The van der Waals surface area contributed by atoms with E-state index in [2.05, 4.69) is 27.9 Å². The molecule has 1 aromatic carbocycles. The number of hydrogen-bond donors (Lipinski definition) is 1. The molecule has 0 spiro atoms. The van der Waals surface area contributed by atoms with E-state index >= 15 is 0 Å². The van der Waals surface area contributed by atoms with Crippen molar-refractivity contribution in [2.75, 3.05) is 11.5 Å². The summed E-state index contributed by atoms with van der Waals surface area (Å²) in [6, 6.07) is 6.22. The van der Waals surface area contributed by atoms with Crippen molar-refractivity contribution in [1.29, 1.82) is 0 Å². The quantitative estimate of drug-likeness (QED) is 0.834. The van der Waals surface area contributed by atoms with Crippen LogP contribution in [-0.4, -0.2) is 23.5 Å². The fourth-order valence-corrected chi connectivity index (χ4v) is 3.49. The highest BCUT2D eigenvalue weighted by atomic mass is 127. The van der Waals surface area contributed by atoms with Crippen LogP contribution in [0.1, 0.15) is 22.3 Å². The van der Waals surface area contributed by atoms with E-state index in [-0.39, 0.29) is 5.91 Å². The van der Waals surface area contributed by atoms with E-state index in [0.29, 0.717) is 6.04 Å². The Morgan fingerprint density at radius 2 is 2.38 bits per heavy atom. The number of rotatable bonds is 2. The average molecular weight is 347 g/mol. The monoisotopic (exact) mass is 347 g/mol. The van der Waals surface area contributed by atoms with Crippen LogP contribution in [0, 0.1) is 10.5 Å². The van der Waals surface area contributed by atoms with Crippen molar-refractivity contribution in [3.05, 3.63) is 32.9 Å². The third-order valence-electron chi connectivity index (χ3n) is 2.70. The molecule has 1 aromatic rings. The highest BCUT2D eigenvalue weighted by molar-refractivity contribution is 14.1. The van der Waals surface area contributed by atoms with Crippen LogP contribution in [0.2, 0.25) is 0 Å². The molecule has 0 saturated carbocycles.